The summed E-state index contributed by atoms with van der Waals surface area (Å²) in [4.78, 5) is 15.7. The predicted molar refractivity (Wildman–Crippen MR) is 124 cm³/mol. The molecule has 0 aliphatic heterocycles. The minimum Gasteiger partial charge on any atom is -0.488 e. The molecule has 4 rings (SSSR count). The first-order valence-electron chi connectivity index (χ1n) is 9.61. The molecule has 1 N–H and O–H groups in total. The largest absolute Gasteiger partial charge is 0.488 e. The Balaban J connectivity index is 1.70. The Morgan fingerprint density at radius 3 is 2.47 bits per heavy atom. The van der Waals surface area contributed by atoms with Crippen LogP contribution >= 0.6 is 31.9 Å². The summed E-state index contributed by atoms with van der Waals surface area (Å²) in [5.74, 6) is -0.206. The number of halogens is 2. The molecule has 2 aromatic carbocycles. The number of hydrogen-bond acceptors (Lipinski definition) is 3. The van der Waals surface area contributed by atoms with Crippen LogP contribution in [0, 0.1) is 0 Å². The predicted octanol–water partition coefficient (Wildman–Crippen LogP) is 6.98. The van der Waals surface area contributed by atoms with Crippen molar-refractivity contribution in [3.8, 4) is 5.75 Å². The van der Waals surface area contributed by atoms with E-state index in [9.17, 15) is 9.90 Å². The molecular weight excluding hydrogens is 510 g/mol. The number of allylic oxidation sites excluding steroid dienone is 2. The van der Waals surface area contributed by atoms with Gasteiger partial charge in [0.25, 0.3) is 0 Å². The number of carboxylic acids is 1. The van der Waals surface area contributed by atoms with Gasteiger partial charge in [-0.1, -0.05) is 50.1 Å². The summed E-state index contributed by atoms with van der Waals surface area (Å²) in [6.07, 6.45) is 2.77. The van der Waals surface area contributed by atoms with E-state index in [-0.39, 0.29) is 5.69 Å². The van der Waals surface area contributed by atoms with Crippen molar-refractivity contribution < 1.29 is 14.6 Å². The Kier molecular flexibility index (Phi) is 6.35. The van der Waals surface area contributed by atoms with Gasteiger partial charge in [0, 0.05) is 14.5 Å². The molecule has 0 unspecified atom stereocenters. The van der Waals surface area contributed by atoms with Crippen LogP contribution in [-0.2, 0) is 6.61 Å². The van der Waals surface area contributed by atoms with Crippen molar-refractivity contribution in [2.24, 2.45) is 0 Å². The Hall–Kier alpha value is -2.44. The number of hydrogen-bond donors (Lipinski definition) is 1. The zero-order valence-corrected chi connectivity index (χ0v) is 19.2. The fraction of sp³-hybridized carbons (Fsp3) is 0.167. The molecule has 0 bridgehead atoms. The SMILES string of the molecule is O=C(O)c1cccc(C2=C(c3cc(Br)ccc3OCc3ccc(Br)cc3)CCC2)n1. The normalized spacial score (nSPS) is 13.5. The van der Waals surface area contributed by atoms with Gasteiger partial charge in [0.15, 0.2) is 0 Å². The van der Waals surface area contributed by atoms with Gasteiger partial charge < -0.3 is 9.84 Å². The van der Waals surface area contributed by atoms with Crippen LogP contribution in [0.3, 0.4) is 0 Å². The van der Waals surface area contributed by atoms with Gasteiger partial charge in [0.1, 0.15) is 18.1 Å². The third-order valence-corrected chi connectivity index (χ3v) is 6.09. The third-order valence-electron chi connectivity index (χ3n) is 5.07. The van der Waals surface area contributed by atoms with Gasteiger partial charge in [-0.2, -0.15) is 0 Å². The molecule has 152 valence electrons. The lowest BCUT2D eigenvalue weighted by atomic mass is 9.99. The van der Waals surface area contributed by atoms with Gasteiger partial charge in [-0.05, 0) is 78.4 Å². The number of benzene rings is 2. The van der Waals surface area contributed by atoms with Crippen molar-refractivity contribution >= 4 is 49.0 Å². The van der Waals surface area contributed by atoms with Crippen molar-refractivity contribution in [3.63, 3.8) is 0 Å². The van der Waals surface area contributed by atoms with Crippen LogP contribution in [0.15, 0.2) is 69.6 Å². The van der Waals surface area contributed by atoms with Crippen LogP contribution < -0.4 is 4.74 Å². The van der Waals surface area contributed by atoms with E-state index in [4.69, 9.17) is 4.74 Å². The van der Waals surface area contributed by atoms with Gasteiger partial charge >= 0.3 is 5.97 Å². The quantitative estimate of drug-likeness (QED) is 0.375. The fourth-order valence-corrected chi connectivity index (χ4v) is 4.28. The molecule has 30 heavy (non-hydrogen) atoms. The molecule has 0 saturated heterocycles. The highest BCUT2D eigenvalue weighted by molar-refractivity contribution is 9.10. The van der Waals surface area contributed by atoms with E-state index < -0.39 is 5.97 Å². The average molecular weight is 529 g/mol. The zero-order valence-electron chi connectivity index (χ0n) is 16.1. The van der Waals surface area contributed by atoms with E-state index in [0.717, 1.165) is 61.9 Å². The number of carboxylic acid groups (broad SMARTS) is 1. The van der Waals surface area contributed by atoms with Crippen LogP contribution in [0.4, 0.5) is 0 Å². The topological polar surface area (TPSA) is 59.4 Å². The zero-order chi connectivity index (χ0) is 21.1. The van der Waals surface area contributed by atoms with Crippen LogP contribution in [0.5, 0.6) is 5.75 Å². The van der Waals surface area contributed by atoms with Crippen molar-refractivity contribution in [1.82, 2.24) is 4.98 Å². The Labute approximate surface area is 191 Å². The van der Waals surface area contributed by atoms with Crippen molar-refractivity contribution in [2.75, 3.05) is 0 Å². The Morgan fingerprint density at radius 1 is 0.967 bits per heavy atom. The van der Waals surface area contributed by atoms with E-state index in [0.29, 0.717) is 6.61 Å². The molecule has 3 aromatic rings. The molecule has 1 aromatic heterocycles. The number of aromatic nitrogens is 1. The molecule has 0 atom stereocenters. The van der Waals surface area contributed by atoms with Crippen LogP contribution in [0.2, 0.25) is 0 Å². The monoisotopic (exact) mass is 527 g/mol. The second-order valence-corrected chi connectivity index (χ2v) is 8.91. The molecule has 1 aliphatic carbocycles. The molecule has 0 amide bonds. The summed E-state index contributed by atoms with van der Waals surface area (Å²) in [6, 6.07) is 19.2. The van der Waals surface area contributed by atoms with Crippen LogP contribution in [0.1, 0.15) is 46.6 Å². The van der Waals surface area contributed by atoms with Crippen molar-refractivity contribution in [2.45, 2.75) is 25.9 Å². The van der Waals surface area contributed by atoms with Gasteiger partial charge in [-0.25, -0.2) is 9.78 Å². The van der Waals surface area contributed by atoms with Gasteiger partial charge in [-0.3, -0.25) is 0 Å². The summed E-state index contributed by atoms with van der Waals surface area (Å²) >= 11 is 7.03. The molecule has 6 heteroatoms. The molecule has 1 heterocycles. The average Bonchev–Trinajstić information content (AvgIpc) is 3.24. The summed E-state index contributed by atoms with van der Waals surface area (Å²) in [5, 5.41) is 9.30. The number of aromatic carboxylic acids is 1. The summed E-state index contributed by atoms with van der Waals surface area (Å²) < 4.78 is 8.20. The van der Waals surface area contributed by atoms with E-state index in [2.05, 4.69) is 42.9 Å². The number of carbonyl (C=O) groups is 1. The molecule has 1 aliphatic rings. The Morgan fingerprint density at radius 2 is 1.70 bits per heavy atom. The van der Waals surface area contributed by atoms with Crippen LogP contribution in [-0.4, -0.2) is 16.1 Å². The van der Waals surface area contributed by atoms with E-state index in [1.165, 1.54) is 6.07 Å². The summed E-state index contributed by atoms with van der Waals surface area (Å²) in [6.45, 7) is 0.470. The smallest absolute Gasteiger partial charge is 0.354 e. The second-order valence-electron chi connectivity index (χ2n) is 7.08. The molecule has 0 fully saturated rings. The first-order valence-corrected chi connectivity index (χ1v) is 11.2. The Bertz CT molecular complexity index is 1120. The van der Waals surface area contributed by atoms with Gasteiger partial charge in [-0.15, -0.1) is 0 Å². The molecule has 4 nitrogen and oxygen atoms in total. The lowest BCUT2D eigenvalue weighted by Crippen LogP contribution is -2.02. The van der Waals surface area contributed by atoms with Crippen LogP contribution in [0.25, 0.3) is 11.1 Å². The van der Waals surface area contributed by atoms with E-state index in [1.54, 1.807) is 6.07 Å². The third kappa shape index (κ3) is 4.65. The first-order chi connectivity index (χ1) is 14.5. The molecule has 0 saturated carbocycles. The highest BCUT2D eigenvalue weighted by atomic mass is 79.9. The number of ether oxygens (including phenoxy) is 1. The lowest BCUT2D eigenvalue weighted by molar-refractivity contribution is 0.0690. The number of pyridine rings is 1. The number of rotatable bonds is 6. The highest BCUT2D eigenvalue weighted by Crippen LogP contribution is 2.43. The van der Waals surface area contributed by atoms with E-state index in [1.807, 2.05) is 42.5 Å². The maximum absolute atomic E-state index is 11.4. The summed E-state index contributed by atoms with van der Waals surface area (Å²) in [7, 11) is 0. The number of nitrogens with zero attached hydrogens (tertiary/aromatic N) is 1. The minimum atomic E-state index is -1.02. The first kappa shape index (κ1) is 20.8. The maximum Gasteiger partial charge on any atom is 0.354 e. The van der Waals surface area contributed by atoms with Crippen molar-refractivity contribution in [3.05, 3.63) is 92.1 Å². The molecular formula is C24H19Br2NO3. The maximum atomic E-state index is 11.4. The highest BCUT2D eigenvalue weighted by Gasteiger charge is 2.22. The second kappa shape index (κ2) is 9.14. The standard InChI is InChI=1S/C24H19Br2NO3/c25-16-9-7-15(8-10-16)14-30-23-12-11-17(26)13-20(23)18-3-1-4-19(18)21-5-2-6-22(27-21)24(28)29/h2,5-13H,1,3-4,14H2,(H,28,29). The van der Waals surface area contributed by atoms with Crippen molar-refractivity contribution in [1.29, 1.82) is 0 Å². The molecule has 0 radical (unpaired) electrons. The minimum absolute atomic E-state index is 0.0622. The summed E-state index contributed by atoms with van der Waals surface area (Å²) in [5.41, 5.74) is 5.15. The van der Waals surface area contributed by atoms with E-state index >= 15 is 0 Å². The lowest BCUT2D eigenvalue weighted by Gasteiger charge is -2.15. The van der Waals surface area contributed by atoms with Gasteiger partial charge in [0.2, 0.25) is 0 Å². The fourth-order valence-electron chi connectivity index (χ4n) is 3.65. The van der Waals surface area contributed by atoms with Gasteiger partial charge in [0.05, 0.1) is 5.69 Å². The molecule has 0 spiro atoms.